The van der Waals surface area contributed by atoms with Crippen LogP contribution in [0.25, 0.3) is 0 Å². The third kappa shape index (κ3) is 90.2. The molecule has 0 saturated heterocycles. The van der Waals surface area contributed by atoms with Crippen molar-refractivity contribution >= 4 is 4.21 Å². The van der Waals surface area contributed by atoms with E-state index in [9.17, 15) is 4.79 Å². The van der Waals surface area contributed by atoms with E-state index in [2.05, 4.69) is 5.73 Å². The van der Waals surface area contributed by atoms with Gasteiger partial charge in [-0.25, -0.2) is 0 Å². The Hall–Kier alpha value is 0.184. The van der Waals surface area contributed by atoms with Gasteiger partial charge >= 0.3 is 35.2 Å². The molecule has 0 fully saturated rings. The molecule has 0 radical (unpaired) electrons. The predicted molar refractivity (Wildman–Crippen MR) is 9.58 cm³/mol. The van der Waals surface area contributed by atoms with Crippen LogP contribution in [0.2, 0.25) is 0 Å². The van der Waals surface area contributed by atoms with Gasteiger partial charge < -0.3 is 0 Å². The molecule has 2 nitrogen and oxygen atoms in total. The zero-order chi connectivity index (χ0) is 3.58. The van der Waals surface area contributed by atoms with Gasteiger partial charge in [0.2, 0.25) is 0 Å². The van der Waals surface area contributed by atoms with E-state index >= 15 is 0 Å². The molecular formula is CH2NOTi. The molecule has 0 aromatic heterocycles. The van der Waals surface area contributed by atoms with Crippen molar-refractivity contribution in [3.8, 4) is 0 Å². The molecule has 0 aromatic carbocycles. The first-order valence-corrected chi connectivity index (χ1v) is 1.52. The molecule has 0 aromatic rings. The van der Waals surface area contributed by atoms with E-state index in [1.807, 2.05) is 0 Å². The molecule has 1 amide bonds. The number of amides is 1. The maximum atomic E-state index is 9.22. The summed E-state index contributed by atoms with van der Waals surface area (Å²) in [5.41, 5.74) is 4.47. The van der Waals surface area contributed by atoms with Crippen LogP contribution in [0.1, 0.15) is 0 Å². The molecule has 0 aliphatic heterocycles. The topological polar surface area (TPSA) is 43.1 Å². The van der Waals surface area contributed by atoms with Crippen LogP contribution in [0.3, 0.4) is 0 Å². The first-order chi connectivity index (χ1) is 1.73. The van der Waals surface area contributed by atoms with Gasteiger partial charge in [-0.15, -0.1) is 0 Å². The molecule has 21 valence electrons. The molecule has 0 aliphatic rings. The van der Waals surface area contributed by atoms with E-state index in [0.717, 1.165) is 0 Å². The van der Waals surface area contributed by atoms with Crippen LogP contribution < -0.4 is 5.73 Å². The Bertz CT molecular complexity index is 31.0. The third-order valence-corrected chi connectivity index (χ3v) is 0. The second kappa shape index (κ2) is 1.50. The third-order valence-electron chi connectivity index (χ3n) is 0. The van der Waals surface area contributed by atoms with E-state index in [1.165, 1.54) is 20.4 Å². The number of nitrogens with two attached hydrogens (primary N) is 1. The van der Waals surface area contributed by atoms with Gasteiger partial charge in [-0.2, -0.15) is 0 Å². The van der Waals surface area contributed by atoms with Crippen molar-refractivity contribution < 1.29 is 25.2 Å². The van der Waals surface area contributed by atoms with E-state index in [1.54, 1.807) is 0 Å². The summed E-state index contributed by atoms with van der Waals surface area (Å²) in [5.74, 6) is 0. The summed E-state index contributed by atoms with van der Waals surface area (Å²) in [6, 6.07) is 0. The Labute approximate surface area is 35.8 Å². The zero-order valence-corrected chi connectivity index (χ0v) is 3.55. The number of rotatable bonds is 0. The fourth-order valence-corrected chi connectivity index (χ4v) is 0. The normalized spacial score (nSPS) is 5.75. The standard InChI is InChI=1S/CH2NO.Ti/c2-1-3;/h(H2,2,3);. The van der Waals surface area contributed by atoms with Crippen LogP contribution in [-0.4, -0.2) is 4.21 Å². The number of carbonyl (C=O) groups is 1. The van der Waals surface area contributed by atoms with Crippen molar-refractivity contribution in [2.45, 2.75) is 0 Å². The number of hydrogen-bond acceptors (Lipinski definition) is 1. The Kier molecular flexibility index (Phi) is 1.57. The molecule has 0 saturated carbocycles. The first-order valence-electron chi connectivity index (χ1n) is 0.743. The Morgan fingerprint density at radius 2 is 2.00 bits per heavy atom. The molecule has 4 heavy (non-hydrogen) atoms. The zero-order valence-electron chi connectivity index (χ0n) is 1.99. The minimum atomic E-state index is -0.333. The Balaban J connectivity index is 2.80. The Morgan fingerprint density at radius 1 is 2.00 bits per heavy atom. The van der Waals surface area contributed by atoms with Crippen molar-refractivity contribution in [1.29, 1.82) is 0 Å². The van der Waals surface area contributed by atoms with Crippen molar-refractivity contribution in [1.82, 2.24) is 0 Å². The molecule has 0 rings (SSSR count). The van der Waals surface area contributed by atoms with Gasteiger partial charge in [0.15, 0.2) is 0 Å². The summed E-state index contributed by atoms with van der Waals surface area (Å²) in [5, 5.41) is 0. The van der Waals surface area contributed by atoms with E-state index in [0.29, 0.717) is 0 Å². The van der Waals surface area contributed by atoms with Gasteiger partial charge in [-0.3, -0.25) is 0 Å². The quantitative estimate of drug-likeness (QED) is 0.406. The van der Waals surface area contributed by atoms with Gasteiger partial charge in [0, 0.05) is 0 Å². The van der Waals surface area contributed by atoms with E-state index < -0.39 is 0 Å². The number of primary amides is 1. The van der Waals surface area contributed by atoms with Gasteiger partial charge in [-0.05, 0) is 0 Å². The summed E-state index contributed by atoms with van der Waals surface area (Å²) in [4.78, 5) is 9.22. The SMILES string of the molecule is N[C](=O)[Ti]. The van der Waals surface area contributed by atoms with Crippen LogP contribution >= 0.6 is 0 Å². The summed E-state index contributed by atoms with van der Waals surface area (Å²) < 4.78 is -0.333. The second-order valence-electron chi connectivity index (χ2n) is 0.364. The van der Waals surface area contributed by atoms with E-state index in [4.69, 9.17) is 0 Å². The minimum absolute atomic E-state index is 0.333. The van der Waals surface area contributed by atoms with Gasteiger partial charge in [0.1, 0.15) is 0 Å². The average Bonchev–Trinajstić information content (AvgIpc) is 0.811. The van der Waals surface area contributed by atoms with Gasteiger partial charge in [-0.1, -0.05) is 0 Å². The average molecular weight is 91.9 g/mol. The molecule has 0 unspecified atom stereocenters. The molecule has 0 bridgehead atoms. The van der Waals surface area contributed by atoms with Crippen LogP contribution in [0.4, 0.5) is 4.79 Å². The van der Waals surface area contributed by atoms with Crippen molar-refractivity contribution in [3.63, 3.8) is 0 Å². The maximum absolute atomic E-state index is 9.22. The van der Waals surface area contributed by atoms with Crippen LogP contribution in [0, 0.1) is 0 Å². The van der Waals surface area contributed by atoms with E-state index in [-0.39, 0.29) is 4.21 Å². The van der Waals surface area contributed by atoms with Gasteiger partial charge in [0.05, 0.1) is 0 Å². The molecule has 3 heteroatoms. The Morgan fingerprint density at radius 3 is 2.00 bits per heavy atom. The van der Waals surface area contributed by atoms with Crippen LogP contribution in [0.15, 0.2) is 0 Å². The van der Waals surface area contributed by atoms with Crippen LogP contribution in [0.5, 0.6) is 0 Å². The predicted octanol–water partition coefficient (Wildman–Crippen LogP) is -0.388. The molecular weight excluding hydrogens is 89.9 g/mol. The van der Waals surface area contributed by atoms with Crippen molar-refractivity contribution in [3.05, 3.63) is 0 Å². The molecule has 0 atom stereocenters. The molecule has 0 aliphatic carbocycles. The monoisotopic (exact) mass is 92.0 g/mol. The molecule has 0 spiro atoms. The summed E-state index contributed by atoms with van der Waals surface area (Å²) in [7, 11) is 0. The molecule has 2 N–H and O–H groups in total. The first kappa shape index (κ1) is 4.18. The summed E-state index contributed by atoms with van der Waals surface area (Å²) in [6.07, 6.45) is 0. The van der Waals surface area contributed by atoms with Crippen molar-refractivity contribution in [2.75, 3.05) is 0 Å². The summed E-state index contributed by atoms with van der Waals surface area (Å²) >= 11 is 1.31. The fourth-order valence-electron chi connectivity index (χ4n) is 0. The number of hydrogen-bond donors (Lipinski definition) is 1. The second-order valence-corrected chi connectivity index (χ2v) is 1.13. The van der Waals surface area contributed by atoms with Gasteiger partial charge in [0.25, 0.3) is 0 Å². The summed E-state index contributed by atoms with van der Waals surface area (Å²) in [6.45, 7) is 0. The van der Waals surface area contributed by atoms with Crippen LogP contribution in [-0.2, 0) is 20.4 Å². The molecule has 0 heterocycles. The fraction of sp³-hybridized carbons (Fsp3) is 0. The van der Waals surface area contributed by atoms with Crippen molar-refractivity contribution in [2.24, 2.45) is 5.73 Å². The number of carbonyl (C=O) groups excluding carboxylic acids is 1.